The molecule has 0 amide bonds. The summed E-state index contributed by atoms with van der Waals surface area (Å²) >= 11 is 0. The van der Waals surface area contributed by atoms with Crippen LogP contribution in [0.25, 0.3) is 0 Å². The van der Waals surface area contributed by atoms with Crippen LogP contribution in [-0.2, 0) is 17.8 Å². The topological polar surface area (TPSA) is 81.4 Å². The van der Waals surface area contributed by atoms with Crippen LogP contribution in [0.2, 0.25) is 0 Å². The van der Waals surface area contributed by atoms with E-state index in [-0.39, 0.29) is 17.9 Å². The Labute approximate surface area is 115 Å². The Bertz CT molecular complexity index is 662. The number of aromatic nitrogens is 2. The van der Waals surface area contributed by atoms with Crippen molar-refractivity contribution in [2.24, 2.45) is 0 Å². The van der Waals surface area contributed by atoms with Crippen molar-refractivity contribution in [3.8, 4) is 11.6 Å². The number of carboxylic acid groups (broad SMARTS) is 1. The van der Waals surface area contributed by atoms with E-state index < -0.39 is 5.97 Å². The van der Waals surface area contributed by atoms with Crippen LogP contribution in [0.1, 0.15) is 12.5 Å². The van der Waals surface area contributed by atoms with Gasteiger partial charge in [-0.05, 0) is 24.6 Å². The fraction of sp³-hybridized carbons (Fsp3) is 0.214. The third kappa shape index (κ3) is 3.23. The number of carbonyl (C=O) groups is 1. The first kappa shape index (κ1) is 13.8. The van der Waals surface area contributed by atoms with E-state index in [1.807, 2.05) is 6.92 Å². The minimum Gasteiger partial charge on any atom is -0.481 e. The highest BCUT2D eigenvalue weighted by molar-refractivity contribution is 5.70. The van der Waals surface area contributed by atoms with Crippen LogP contribution in [0.5, 0.6) is 11.6 Å². The molecule has 0 aliphatic carbocycles. The highest BCUT2D eigenvalue weighted by atomic mass is 16.5. The molecule has 0 radical (unpaired) electrons. The summed E-state index contributed by atoms with van der Waals surface area (Å²) < 4.78 is 6.91. The SMILES string of the molecule is CCn1ccnc(Oc2ccc(CC(=O)O)cc2)c1=O. The van der Waals surface area contributed by atoms with Crippen LogP contribution < -0.4 is 10.3 Å². The van der Waals surface area contributed by atoms with Crippen LogP contribution >= 0.6 is 0 Å². The van der Waals surface area contributed by atoms with Crippen LogP contribution in [0, 0.1) is 0 Å². The van der Waals surface area contributed by atoms with Gasteiger partial charge >= 0.3 is 11.5 Å². The largest absolute Gasteiger partial charge is 0.481 e. The summed E-state index contributed by atoms with van der Waals surface area (Å²) in [4.78, 5) is 26.4. The summed E-state index contributed by atoms with van der Waals surface area (Å²) in [6.07, 6.45) is 3.04. The minimum atomic E-state index is -0.894. The normalized spacial score (nSPS) is 10.2. The maximum Gasteiger partial charge on any atom is 0.313 e. The van der Waals surface area contributed by atoms with Gasteiger partial charge < -0.3 is 14.4 Å². The maximum atomic E-state index is 11.9. The predicted molar refractivity (Wildman–Crippen MR) is 72.0 cm³/mol. The van der Waals surface area contributed by atoms with E-state index in [0.29, 0.717) is 17.9 Å². The van der Waals surface area contributed by atoms with Crippen molar-refractivity contribution in [1.29, 1.82) is 0 Å². The molecular weight excluding hydrogens is 260 g/mol. The second-order valence-electron chi connectivity index (χ2n) is 4.14. The molecule has 6 heteroatoms. The number of rotatable bonds is 5. The van der Waals surface area contributed by atoms with Gasteiger partial charge in [0.05, 0.1) is 6.42 Å². The molecular formula is C14H14N2O4. The molecule has 1 aromatic carbocycles. The molecule has 1 aromatic heterocycles. The number of aliphatic carboxylic acids is 1. The molecule has 0 atom stereocenters. The second kappa shape index (κ2) is 6.01. The summed E-state index contributed by atoms with van der Waals surface area (Å²) in [6, 6.07) is 6.51. The summed E-state index contributed by atoms with van der Waals surface area (Å²) in [5, 5.41) is 8.68. The van der Waals surface area contributed by atoms with Gasteiger partial charge in [-0.25, -0.2) is 4.98 Å². The molecule has 2 rings (SSSR count). The molecule has 0 aliphatic rings. The standard InChI is InChI=1S/C14H14N2O4/c1-2-16-8-7-15-13(14(16)19)20-11-5-3-10(4-6-11)9-12(17)18/h3-8H,2,9H2,1H3,(H,17,18). The fourth-order valence-corrected chi connectivity index (χ4v) is 1.71. The lowest BCUT2D eigenvalue weighted by molar-refractivity contribution is -0.136. The summed E-state index contributed by atoms with van der Waals surface area (Å²) in [6.45, 7) is 2.39. The van der Waals surface area contributed by atoms with Crippen LogP contribution in [0.3, 0.4) is 0 Å². The molecule has 1 heterocycles. The Balaban J connectivity index is 2.18. The molecule has 0 saturated carbocycles. The van der Waals surface area contributed by atoms with Crippen molar-refractivity contribution in [3.05, 3.63) is 52.6 Å². The third-order valence-electron chi connectivity index (χ3n) is 2.72. The highest BCUT2D eigenvalue weighted by Crippen LogP contribution is 2.17. The Morgan fingerprint density at radius 2 is 2.05 bits per heavy atom. The lowest BCUT2D eigenvalue weighted by atomic mass is 10.1. The number of hydrogen-bond donors (Lipinski definition) is 1. The van der Waals surface area contributed by atoms with Crippen molar-refractivity contribution in [1.82, 2.24) is 9.55 Å². The first-order valence-corrected chi connectivity index (χ1v) is 6.14. The van der Waals surface area contributed by atoms with Gasteiger partial charge in [-0.15, -0.1) is 0 Å². The molecule has 0 bridgehead atoms. The zero-order valence-corrected chi connectivity index (χ0v) is 10.9. The van der Waals surface area contributed by atoms with Gasteiger partial charge in [0.1, 0.15) is 5.75 Å². The zero-order valence-electron chi connectivity index (χ0n) is 10.9. The number of nitrogens with zero attached hydrogens (tertiary/aromatic N) is 2. The number of ether oxygens (including phenoxy) is 1. The molecule has 2 aromatic rings. The smallest absolute Gasteiger partial charge is 0.313 e. The van der Waals surface area contributed by atoms with Crippen molar-refractivity contribution in [3.63, 3.8) is 0 Å². The van der Waals surface area contributed by atoms with Gasteiger partial charge in [0.2, 0.25) is 0 Å². The first-order chi connectivity index (χ1) is 9.60. The first-order valence-electron chi connectivity index (χ1n) is 6.14. The van der Waals surface area contributed by atoms with E-state index in [0.717, 1.165) is 0 Å². The zero-order chi connectivity index (χ0) is 14.5. The number of carboxylic acids is 1. The van der Waals surface area contributed by atoms with E-state index in [4.69, 9.17) is 9.84 Å². The van der Waals surface area contributed by atoms with Gasteiger partial charge in [-0.2, -0.15) is 0 Å². The molecule has 0 fully saturated rings. The number of benzene rings is 1. The molecule has 20 heavy (non-hydrogen) atoms. The van der Waals surface area contributed by atoms with Crippen LogP contribution in [-0.4, -0.2) is 20.6 Å². The molecule has 0 unspecified atom stereocenters. The average Bonchev–Trinajstić information content (AvgIpc) is 2.43. The summed E-state index contributed by atoms with van der Waals surface area (Å²) in [5.41, 5.74) is 0.362. The molecule has 0 aliphatic heterocycles. The molecule has 0 saturated heterocycles. The third-order valence-corrected chi connectivity index (χ3v) is 2.72. The predicted octanol–water partition coefficient (Wildman–Crippen LogP) is 1.68. The maximum absolute atomic E-state index is 11.9. The summed E-state index contributed by atoms with van der Waals surface area (Å²) in [5.74, 6) is -0.452. The van der Waals surface area contributed by atoms with Crippen molar-refractivity contribution in [2.45, 2.75) is 19.9 Å². The van der Waals surface area contributed by atoms with E-state index in [1.165, 1.54) is 10.8 Å². The van der Waals surface area contributed by atoms with Gasteiger partial charge in [-0.3, -0.25) is 9.59 Å². The number of hydrogen-bond acceptors (Lipinski definition) is 4. The Morgan fingerprint density at radius 3 is 2.65 bits per heavy atom. The van der Waals surface area contributed by atoms with E-state index >= 15 is 0 Å². The van der Waals surface area contributed by atoms with Gasteiger partial charge in [0.15, 0.2) is 0 Å². The van der Waals surface area contributed by atoms with Gasteiger partial charge in [0.25, 0.3) is 5.88 Å². The van der Waals surface area contributed by atoms with Gasteiger partial charge in [-0.1, -0.05) is 12.1 Å². The molecule has 0 spiro atoms. The molecule has 1 N–H and O–H groups in total. The lowest BCUT2D eigenvalue weighted by Crippen LogP contribution is -2.20. The molecule has 6 nitrogen and oxygen atoms in total. The highest BCUT2D eigenvalue weighted by Gasteiger charge is 2.07. The van der Waals surface area contributed by atoms with Crippen LogP contribution in [0.4, 0.5) is 0 Å². The van der Waals surface area contributed by atoms with E-state index in [2.05, 4.69) is 4.98 Å². The molecule has 104 valence electrons. The Kier molecular flexibility index (Phi) is 4.14. The Hall–Kier alpha value is -2.63. The van der Waals surface area contributed by atoms with Crippen LogP contribution in [0.15, 0.2) is 41.5 Å². The van der Waals surface area contributed by atoms with Crippen molar-refractivity contribution in [2.75, 3.05) is 0 Å². The second-order valence-corrected chi connectivity index (χ2v) is 4.14. The monoisotopic (exact) mass is 274 g/mol. The summed E-state index contributed by atoms with van der Waals surface area (Å²) in [7, 11) is 0. The van der Waals surface area contributed by atoms with E-state index in [9.17, 15) is 9.59 Å². The lowest BCUT2D eigenvalue weighted by Gasteiger charge is -2.07. The van der Waals surface area contributed by atoms with Crippen molar-refractivity contribution < 1.29 is 14.6 Å². The average molecular weight is 274 g/mol. The van der Waals surface area contributed by atoms with Crippen molar-refractivity contribution >= 4 is 5.97 Å². The Morgan fingerprint density at radius 1 is 1.35 bits per heavy atom. The fourth-order valence-electron chi connectivity index (χ4n) is 1.71. The van der Waals surface area contributed by atoms with E-state index in [1.54, 1.807) is 30.5 Å². The van der Waals surface area contributed by atoms with Gasteiger partial charge in [0, 0.05) is 18.9 Å². The minimum absolute atomic E-state index is 0.000310. The quantitative estimate of drug-likeness (QED) is 0.897. The number of aryl methyl sites for hydroxylation is 1.